The average Bonchev–Trinajstić information content (AvgIpc) is 3.17. The van der Waals surface area contributed by atoms with E-state index in [-0.39, 0.29) is 6.79 Å². The predicted octanol–water partition coefficient (Wildman–Crippen LogP) is 3.72. The minimum Gasteiger partial charge on any atom is -0.454 e. The van der Waals surface area contributed by atoms with Crippen molar-refractivity contribution in [2.45, 2.75) is 31.4 Å². The highest BCUT2D eigenvalue weighted by Gasteiger charge is 2.54. The van der Waals surface area contributed by atoms with E-state index in [1.54, 1.807) is 0 Å². The molecule has 2 aromatic carbocycles. The Morgan fingerprint density at radius 2 is 1.81 bits per heavy atom. The Hall–Kier alpha value is -2.24. The predicted molar refractivity (Wildman–Crippen MR) is 104 cm³/mol. The number of amidine groups is 1. The molecule has 1 atom stereocenters. The zero-order valence-corrected chi connectivity index (χ0v) is 15.8. The third-order valence-corrected chi connectivity index (χ3v) is 5.91. The van der Waals surface area contributed by atoms with E-state index >= 15 is 0 Å². The lowest BCUT2D eigenvalue weighted by molar-refractivity contribution is -0.534. The Morgan fingerprint density at radius 1 is 1.00 bits per heavy atom. The zero-order valence-electron chi connectivity index (χ0n) is 15.0. The van der Waals surface area contributed by atoms with Crippen molar-refractivity contribution in [3.05, 3.63) is 53.1 Å². The highest BCUT2D eigenvalue weighted by atomic mass is 35.5. The zero-order chi connectivity index (χ0) is 18.4. The summed E-state index contributed by atoms with van der Waals surface area (Å²) in [6, 6.07) is 13.4. The molecule has 3 heterocycles. The molecule has 3 aliphatic heterocycles. The Balaban J connectivity index is 1.63. The number of halogens is 1. The van der Waals surface area contributed by atoms with Crippen molar-refractivity contribution in [1.82, 2.24) is 0 Å². The van der Waals surface area contributed by atoms with Crippen LogP contribution < -0.4 is 14.4 Å². The molecule has 27 heavy (non-hydrogen) atoms. The van der Waals surface area contributed by atoms with Gasteiger partial charge in [-0.15, -0.1) is 0 Å². The summed E-state index contributed by atoms with van der Waals surface area (Å²) >= 11 is 6.08. The second kappa shape index (κ2) is 6.43. The molecule has 5 nitrogen and oxygen atoms in total. The molecule has 0 radical (unpaired) electrons. The lowest BCUT2D eigenvalue weighted by Gasteiger charge is -2.29. The first-order chi connectivity index (χ1) is 13.1. The Bertz CT molecular complexity index is 912. The highest BCUT2D eigenvalue weighted by Crippen LogP contribution is 2.42. The average molecular weight is 386 g/mol. The molecule has 0 bridgehead atoms. The number of fused-ring (bicyclic) bond motifs is 1. The first-order valence-electron chi connectivity index (χ1n) is 9.44. The standard InChI is InChI=1S/C21H22ClN2O3/c22-16-7-5-15(6-8-16)21(25)13-23-11-3-1-2-4-20(23)24(21)17-9-10-18-19(12-17)27-14-26-18/h5-10,12,25H,1-4,11,13-14H2/q+1. The number of hydrogen-bond donors (Lipinski definition) is 1. The van der Waals surface area contributed by atoms with Crippen LogP contribution in [0.15, 0.2) is 42.5 Å². The summed E-state index contributed by atoms with van der Waals surface area (Å²) < 4.78 is 13.4. The van der Waals surface area contributed by atoms with Crippen LogP contribution in [0, 0.1) is 0 Å². The van der Waals surface area contributed by atoms with Crippen LogP contribution in [-0.2, 0) is 5.72 Å². The molecular weight excluding hydrogens is 364 g/mol. The molecule has 0 amide bonds. The van der Waals surface area contributed by atoms with Crippen molar-refractivity contribution in [2.24, 2.45) is 0 Å². The van der Waals surface area contributed by atoms with E-state index in [4.69, 9.17) is 21.1 Å². The summed E-state index contributed by atoms with van der Waals surface area (Å²) in [6.07, 6.45) is 4.44. The summed E-state index contributed by atoms with van der Waals surface area (Å²) in [5.74, 6) is 2.64. The van der Waals surface area contributed by atoms with Crippen LogP contribution in [-0.4, -0.2) is 35.4 Å². The Labute approximate surface area is 163 Å². The fourth-order valence-electron chi connectivity index (χ4n) is 4.35. The molecule has 0 saturated heterocycles. The van der Waals surface area contributed by atoms with Crippen molar-refractivity contribution in [2.75, 3.05) is 24.8 Å². The summed E-state index contributed by atoms with van der Waals surface area (Å²) in [6.45, 7) is 1.74. The van der Waals surface area contributed by atoms with E-state index in [2.05, 4.69) is 9.48 Å². The number of aliphatic hydroxyl groups is 1. The van der Waals surface area contributed by atoms with Gasteiger partial charge >= 0.3 is 0 Å². The van der Waals surface area contributed by atoms with Crippen molar-refractivity contribution < 1.29 is 19.2 Å². The third kappa shape index (κ3) is 2.77. The maximum atomic E-state index is 11.9. The third-order valence-electron chi connectivity index (χ3n) is 5.65. The SMILES string of the molecule is OC1(c2ccc(Cl)cc2)C[N+]2=C(CCCCC2)N1c1ccc2c(c1)OCO2. The lowest BCUT2D eigenvalue weighted by Crippen LogP contribution is -2.47. The molecule has 0 aliphatic carbocycles. The van der Waals surface area contributed by atoms with Crippen LogP contribution in [0.5, 0.6) is 11.5 Å². The van der Waals surface area contributed by atoms with E-state index in [0.29, 0.717) is 11.6 Å². The van der Waals surface area contributed by atoms with E-state index in [0.717, 1.165) is 48.6 Å². The van der Waals surface area contributed by atoms with Crippen LogP contribution in [0.2, 0.25) is 5.02 Å². The van der Waals surface area contributed by atoms with Gasteiger partial charge in [0, 0.05) is 23.1 Å². The maximum absolute atomic E-state index is 11.9. The van der Waals surface area contributed by atoms with Gasteiger partial charge in [-0.25, -0.2) is 0 Å². The molecule has 3 aliphatic rings. The first kappa shape index (κ1) is 16.9. The van der Waals surface area contributed by atoms with Crippen LogP contribution >= 0.6 is 11.6 Å². The van der Waals surface area contributed by atoms with Crippen molar-refractivity contribution in [3.63, 3.8) is 0 Å². The molecule has 6 heteroatoms. The fraction of sp³-hybridized carbons (Fsp3) is 0.381. The van der Waals surface area contributed by atoms with E-state index in [1.807, 2.05) is 42.5 Å². The summed E-state index contributed by atoms with van der Waals surface area (Å²) in [5, 5.41) is 12.6. The summed E-state index contributed by atoms with van der Waals surface area (Å²) in [5.41, 5.74) is 0.603. The molecular formula is C21H22ClN2O3+. The summed E-state index contributed by atoms with van der Waals surface area (Å²) in [7, 11) is 0. The van der Waals surface area contributed by atoms with Gasteiger partial charge in [-0.2, -0.15) is 4.90 Å². The van der Waals surface area contributed by atoms with E-state index in [9.17, 15) is 5.11 Å². The molecule has 5 rings (SSSR count). The second-order valence-electron chi connectivity index (χ2n) is 7.34. The van der Waals surface area contributed by atoms with Gasteiger partial charge in [0.15, 0.2) is 18.0 Å². The van der Waals surface area contributed by atoms with Gasteiger partial charge in [-0.1, -0.05) is 23.7 Å². The van der Waals surface area contributed by atoms with Gasteiger partial charge in [0.05, 0.1) is 6.54 Å². The van der Waals surface area contributed by atoms with E-state index in [1.165, 1.54) is 12.3 Å². The van der Waals surface area contributed by atoms with Gasteiger partial charge in [-0.3, -0.25) is 4.58 Å². The first-order valence-corrected chi connectivity index (χ1v) is 9.82. The number of nitrogens with zero attached hydrogens (tertiary/aromatic N) is 2. The number of ether oxygens (including phenoxy) is 2. The number of anilines is 1. The van der Waals surface area contributed by atoms with E-state index < -0.39 is 5.72 Å². The molecule has 0 spiro atoms. The maximum Gasteiger partial charge on any atom is 0.275 e. The van der Waals surface area contributed by atoms with Gasteiger partial charge in [0.2, 0.25) is 6.79 Å². The minimum atomic E-state index is -1.15. The fourth-order valence-corrected chi connectivity index (χ4v) is 4.47. The van der Waals surface area contributed by atoms with Gasteiger partial charge in [-0.05, 0) is 43.5 Å². The molecule has 1 N–H and O–H groups in total. The quantitative estimate of drug-likeness (QED) is 0.800. The van der Waals surface area contributed by atoms with Crippen LogP contribution in [0.1, 0.15) is 31.2 Å². The topological polar surface area (TPSA) is 44.9 Å². The van der Waals surface area contributed by atoms with Crippen molar-refractivity contribution in [3.8, 4) is 11.5 Å². The van der Waals surface area contributed by atoms with Crippen LogP contribution in [0.4, 0.5) is 5.69 Å². The molecule has 0 saturated carbocycles. The number of rotatable bonds is 2. The number of hydrogen-bond acceptors (Lipinski definition) is 4. The minimum absolute atomic E-state index is 0.239. The molecule has 0 aromatic heterocycles. The smallest absolute Gasteiger partial charge is 0.275 e. The monoisotopic (exact) mass is 385 g/mol. The highest BCUT2D eigenvalue weighted by molar-refractivity contribution is 6.30. The second-order valence-corrected chi connectivity index (χ2v) is 7.78. The van der Waals surface area contributed by atoms with Gasteiger partial charge in [0.25, 0.3) is 11.6 Å². The summed E-state index contributed by atoms with van der Waals surface area (Å²) in [4.78, 5) is 2.07. The molecule has 1 unspecified atom stereocenters. The lowest BCUT2D eigenvalue weighted by atomic mass is 10.00. The van der Waals surface area contributed by atoms with Crippen molar-refractivity contribution >= 4 is 23.1 Å². The van der Waals surface area contributed by atoms with Gasteiger partial charge in [0.1, 0.15) is 5.69 Å². The van der Waals surface area contributed by atoms with Crippen molar-refractivity contribution in [1.29, 1.82) is 0 Å². The molecule has 2 aromatic rings. The van der Waals surface area contributed by atoms with Gasteiger partial charge < -0.3 is 14.6 Å². The van der Waals surface area contributed by atoms with Crippen LogP contribution in [0.3, 0.4) is 0 Å². The van der Waals surface area contributed by atoms with Crippen LogP contribution in [0.25, 0.3) is 0 Å². The Morgan fingerprint density at radius 3 is 2.67 bits per heavy atom. The largest absolute Gasteiger partial charge is 0.454 e. The normalized spacial score (nSPS) is 24.1. The molecule has 140 valence electrons. The Kier molecular flexibility index (Phi) is 4.02. The molecule has 0 fully saturated rings. The number of benzene rings is 2.